The molecule has 0 aromatic heterocycles. The van der Waals surface area contributed by atoms with Crippen LogP contribution in [0.3, 0.4) is 0 Å². The molecule has 15 heavy (non-hydrogen) atoms. The fraction of sp³-hybridized carbons (Fsp3) is 1.00. The zero-order chi connectivity index (χ0) is 11.1. The van der Waals surface area contributed by atoms with Crippen LogP contribution in [0, 0.1) is 11.8 Å². The lowest BCUT2D eigenvalue weighted by Crippen LogP contribution is -2.49. The van der Waals surface area contributed by atoms with Gasteiger partial charge in [-0.1, -0.05) is 13.8 Å². The Morgan fingerprint density at radius 3 is 2.20 bits per heavy atom. The average Bonchev–Trinajstić information content (AvgIpc) is 2.43. The van der Waals surface area contributed by atoms with Crippen molar-refractivity contribution >= 4 is 11.8 Å². The summed E-state index contributed by atoms with van der Waals surface area (Å²) in [4.78, 5) is 0.439. The van der Waals surface area contributed by atoms with E-state index in [1.165, 1.54) is 31.4 Å². The highest BCUT2D eigenvalue weighted by Gasteiger charge is 2.45. The monoisotopic (exact) mass is 227 g/mol. The number of nitrogens with one attached hydrogen (secondary N) is 1. The second-order valence-electron chi connectivity index (χ2n) is 6.37. The van der Waals surface area contributed by atoms with Crippen LogP contribution >= 0.6 is 11.8 Å². The SMILES string of the molecule is CC(C)C1CCC2(CC1)NC(C)(C)CS2. The number of thioether (sulfide) groups is 1. The Morgan fingerprint density at radius 2 is 1.80 bits per heavy atom. The molecule has 1 saturated carbocycles. The van der Waals surface area contributed by atoms with Gasteiger partial charge in [0.05, 0.1) is 4.87 Å². The van der Waals surface area contributed by atoms with Crippen molar-refractivity contribution in [3.05, 3.63) is 0 Å². The predicted octanol–water partition coefficient (Wildman–Crippen LogP) is 3.64. The first kappa shape index (κ1) is 11.8. The highest BCUT2D eigenvalue weighted by molar-refractivity contribution is 8.00. The first-order valence-electron chi connectivity index (χ1n) is 6.36. The summed E-state index contributed by atoms with van der Waals surface area (Å²) in [5.74, 6) is 3.13. The Labute approximate surface area is 98.8 Å². The van der Waals surface area contributed by atoms with Crippen molar-refractivity contribution in [1.29, 1.82) is 0 Å². The lowest BCUT2D eigenvalue weighted by Gasteiger charge is -2.39. The normalized spacial score (nSPS) is 40.2. The molecule has 0 aromatic carbocycles. The average molecular weight is 227 g/mol. The first-order valence-corrected chi connectivity index (χ1v) is 7.34. The van der Waals surface area contributed by atoms with E-state index >= 15 is 0 Å². The third-order valence-electron chi connectivity index (χ3n) is 4.06. The van der Waals surface area contributed by atoms with Crippen LogP contribution in [0.4, 0.5) is 0 Å². The fourth-order valence-electron chi connectivity index (χ4n) is 3.05. The van der Waals surface area contributed by atoms with Gasteiger partial charge in [-0.05, 0) is 51.4 Å². The Hall–Kier alpha value is 0.310. The zero-order valence-corrected chi connectivity index (χ0v) is 11.4. The number of rotatable bonds is 1. The van der Waals surface area contributed by atoms with Crippen LogP contribution in [-0.4, -0.2) is 16.2 Å². The summed E-state index contributed by atoms with van der Waals surface area (Å²) in [6, 6.07) is 0. The van der Waals surface area contributed by atoms with Gasteiger partial charge in [-0.15, -0.1) is 11.8 Å². The van der Waals surface area contributed by atoms with E-state index < -0.39 is 0 Å². The van der Waals surface area contributed by atoms with Gasteiger partial charge in [-0.3, -0.25) is 5.32 Å². The van der Waals surface area contributed by atoms with Gasteiger partial charge in [-0.25, -0.2) is 0 Å². The van der Waals surface area contributed by atoms with Crippen molar-refractivity contribution in [3.63, 3.8) is 0 Å². The number of hydrogen-bond donors (Lipinski definition) is 1. The van der Waals surface area contributed by atoms with E-state index in [1.807, 2.05) is 0 Å². The molecule has 1 spiro atoms. The molecule has 1 saturated heterocycles. The van der Waals surface area contributed by atoms with Gasteiger partial charge in [-0.2, -0.15) is 0 Å². The van der Waals surface area contributed by atoms with Crippen molar-refractivity contribution in [1.82, 2.24) is 5.32 Å². The number of hydrogen-bond acceptors (Lipinski definition) is 2. The molecule has 0 bridgehead atoms. The molecule has 88 valence electrons. The smallest absolute Gasteiger partial charge is 0.0650 e. The van der Waals surface area contributed by atoms with Crippen LogP contribution < -0.4 is 5.32 Å². The van der Waals surface area contributed by atoms with Crippen molar-refractivity contribution in [2.24, 2.45) is 11.8 Å². The highest BCUT2D eigenvalue weighted by Crippen LogP contribution is 2.47. The first-order chi connectivity index (χ1) is 6.93. The molecule has 1 nitrogen and oxygen atoms in total. The lowest BCUT2D eigenvalue weighted by molar-refractivity contribution is 0.206. The maximum Gasteiger partial charge on any atom is 0.0650 e. The van der Waals surface area contributed by atoms with E-state index in [2.05, 4.69) is 44.8 Å². The highest BCUT2D eigenvalue weighted by atomic mass is 32.2. The second-order valence-corrected chi connectivity index (χ2v) is 7.73. The Bertz CT molecular complexity index is 227. The lowest BCUT2D eigenvalue weighted by atomic mass is 9.79. The molecule has 0 amide bonds. The third-order valence-corrected chi connectivity index (χ3v) is 5.99. The summed E-state index contributed by atoms with van der Waals surface area (Å²) >= 11 is 2.18. The fourth-order valence-corrected chi connectivity index (χ4v) is 4.63. The van der Waals surface area contributed by atoms with E-state index in [1.54, 1.807) is 0 Å². The summed E-state index contributed by atoms with van der Waals surface area (Å²) < 4.78 is 0. The van der Waals surface area contributed by atoms with Crippen LogP contribution in [0.2, 0.25) is 0 Å². The van der Waals surface area contributed by atoms with E-state index in [9.17, 15) is 0 Å². The third kappa shape index (κ3) is 2.52. The Balaban J connectivity index is 1.93. The molecule has 2 aliphatic rings. The van der Waals surface area contributed by atoms with Crippen LogP contribution in [0.25, 0.3) is 0 Å². The largest absolute Gasteiger partial charge is 0.297 e. The topological polar surface area (TPSA) is 12.0 Å². The summed E-state index contributed by atoms with van der Waals surface area (Å²) in [6.45, 7) is 9.43. The summed E-state index contributed by atoms with van der Waals surface area (Å²) in [5.41, 5.74) is 0.356. The molecule has 1 aliphatic carbocycles. The molecule has 1 heterocycles. The van der Waals surface area contributed by atoms with E-state index in [4.69, 9.17) is 0 Å². The molecular formula is C13H25NS. The molecule has 1 N–H and O–H groups in total. The van der Waals surface area contributed by atoms with Gasteiger partial charge in [0.15, 0.2) is 0 Å². The van der Waals surface area contributed by atoms with E-state index in [0.29, 0.717) is 10.4 Å². The summed E-state index contributed by atoms with van der Waals surface area (Å²) in [6.07, 6.45) is 5.61. The quantitative estimate of drug-likeness (QED) is 0.734. The van der Waals surface area contributed by atoms with Crippen LogP contribution in [0.1, 0.15) is 53.4 Å². The summed E-state index contributed by atoms with van der Waals surface area (Å²) in [5, 5.41) is 3.87. The minimum atomic E-state index is 0.356. The van der Waals surface area contributed by atoms with Crippen molar-refractivity contribution in [2.45, 2.75) is 63.8 Å². The Kier molecular flexibility index (Phi) is 3.11. The van der Waals surface area contributed by atoms with Crippen LogP contribution in [-0.2, 0) is 0 Å². The second kappa shape index (κ2) is 3.96. The van der Waals surface area contributed by atoms with Crippen molar-refractivity contribution in [3.8, 4) is 0 Å². The molecule has 0 unspecified atom stereocenters. The maximum atomic E-state index is 3.87. The van der Waals surface area contributed by atoms with Gasteiger partial charge < -0.3 is 0 Å². The molecule has 2 rings (SSSR count). The minimum Gasteiger partial charge on any atom is -0.297 e. The van der Waals surface area contributed by atoms with Crippen molar-refractivity contribution in [2.75, 3.05) is 5.75 Å². The minimum absolute atomic E-state index is 0.356. The predicted molar refractivity (Wildman–Crippen MR) is 69.2 cm³/mol. The molecular weight excluding hydrogens is 202 g/mol. The van der Waals surface area contributed by atoms with E-state index in [-0.39, 0.29) is 0 Å². The molecule has 0 radical (unpaired) electrons. The van der Waals surface area contributed by atoms with Gasteiger partial charge in [0.25, 0.3) is 0 Å². The van der Waals surface area contributed by atoms with Gasteiger partial charge in [0.1, 0.15) is 0 Å². The van der Waals surface area contributed by atoms with Gasteiger partial charge in [0.2, 0.25) is 0 Å². The molecule has 0 atom stereocenters. The van der Waals surface area contributed by atoms with Crippen LogP contribution in [0.5, 0.6) is 0 Å². The summed E-state index contributed by atoms with van der Waals surface area (Å²) in [7, 11) is 0. The molecule has 2 fully saturated rings. The maximum absolute atomic E-state index is 3.87. The molecule has 1 aliphatic heterocycles. The van der Waals surface area contributed by atoms with Crippen molar-refractivity contribution < 1.29 is 0 Å². The van der Waals surface area contributed by atoms with Gasteiger partial charge in [0, 0.05) is 11.3 Å². The molecule has 0 aromatic rings. The Morgan fingerprint density at radius 1 is 1.20 bits per heavy atom. The van der Waals surface area contributed by atoms with Crippen LogP contribution in [0.15, 0.2) is 0 Å². The standard InChI is InChI=1S/C13H25NS/c1-10(2)11-5-7-13(8-6-11)14-12(3,4)9-15-13/h10-11,14H,5-9H2,1-4H3. The van der Waals surface area contributed by atoms with E-state index in [0.717, 1.165) is 11.8 Å². The zero-order valence-electron chi connectivity index (χ0n) is 10.6. The molecule has 2 heteroatoms. The van der Waals surface area contributed by atoms with Gasteiger partial charge >= 0.3 is 0 Å².